The van der Waals surface area contributed by atoms with E-state index in [-0.39, 0.29) is 0 Å². The van der Waals surface area contributed by atoms with Gasteiger partial charge in [-0.05, 0) is 63.1 Å². The molecule has 0 spiro atoms. The van der Waals surface area contributed by atoms with Crippen LogP contribution < -0.4 is 0 Å². The van der Waals surface area contributed by atoms with Crippen LogP contribution in [-0.4, -0.2) is 12.6 Å². The maximum Gasteiger partial charge on any atom is 0.146 e. The smallest absolute Gasteiger partial charge is 0.146 e. The Kier molecular flexibility index (Phi) is 5.57. The topological polar surface area (TPSA) is 4.93 Å². The van der Waals surface area contributed by atoms with Gasteiger partial charge in [-0.25, -0.2) is 0 Å². The summed E-state index contributed by atoms with van der Waals surface area (Å²) < 4.78 is 2.36. The molecule has 0 fully saturated rings. The van der Waals surface area contributed by atoms with Gasteiger partial charge in [0.05, 0.1) is 5.52 Å². The van der Waals surface area contributed by atoms with Gasteiger partial charge >= 0.3 is 0 Å². The Bertz CT molecular complexity index is 1580. The highest BCUT2D eigenvalue weighted by Gasteiger charge is 2.41. The average molecular weight is 462 g/mol. The molecule has 0 aliphatic carbocycles. The van der Waals surface area contributed by atoms with Gasteiger partial charge in [-0.3, -0.25) is 0 Å². The van der Waals surface area contributed by atoms with E-state index in [4.69, 9.17) is 0 Å². The van der Waals surface area contributed by atoms with Gasteiger partial charge in [0.1, 0.15) is 8.07 Å². The third kappa shape index (κ3) is 3.37. The molecule has 0 atom stereocenters. The quantitative estimate of drug-likeness (QED) is 0.143. The van der Waals surface area contributed by atoms with Crippen LogP contribution in [0.1, 0.15) is 47.1 Å². The Morgan fingerprint density at radius 1 is 0.647 bits per heavy atom. The Labute approximate surface area is 204 Å². The maximum atomic E-state index is 3.90. The van der Waals surface area contributed by atoms with Gasteiger partial charge in [0.2, 0.25) is 0 Å². The fraction of sp³-hybridized carbons (Fsp3) is 0.312. The number of aromatic nitrogens is 1. The van der Waals surface area contributed by atoms with E-state index in [2.05, 4.69) is 131 Å². The molecular weight excluding hydrogens is 426 g/mol. The number of fused-ring (bicyclic) bond motifs is 6. The summed E-state index contributed by atoms with van der Waals surface area (Å²) in [6, 6.07) is 24.7. The van der Waals surface area contributed by atoms with Crippen LogP contribution >= 0.6 is 0 Å². The number of hydrogen-bond donors (Lipinski definition) is 0. The maximum absolute atomic E-state index is 3.90. The molecule has 4 aromatic carbocycles. The normalized spacial score (nSPS) is 12.5. The van der Waals surface area contributed by atoms with Crippen LogP contribution in [0.2, 0.25) is 16.6 Å². The highest BCUT2D eigenvalue weighted by Crippen LogP contribution is 2.41. The highest BCUT2D eigenvalue weighted by atomic mass is 28.3. The zero-order valence-electron chi connectivity index (χ0n) is 21.5. The molecule has 0 aliphatic heterocycles. The van der Waals surface area contributed by atoms with Crippen LogP contribution in [0.25, 0.3) is 43.4 Å². The second kappa shape index (κ2) is 8.33. The summed E-state index contributed by atoms with van der Waals surface area (Å²) in [4.78, 5) is 0. The fourth-order valence-corrected chi connectivity index (χ4v) is 11.7. The van der Waals surface area contributed by atoms with E-state index >= 15 is 0 Å². The lowest BCUT2D eigenvalue weighted by Gasteiger charge is -2.38. The van der Waals surface area contributed by atoms with Gasteiger partial charge in [0.15, 0.2) is 0 Å². The Hall–Kier alpha value is -3.02. The van der Waals surface area contributed by atoms with Gasteiger partial charge < -0.3 is 4.57 Å². The first-order valence-corrected chi connectivity index (χ1v) is 14.8. The molecule has 0 radical (unpaired) electrons. The molecule has 0 bridgehead atoms. The first-order chi connectivity index (χ1) is 16.2. The van der Waals surface area contributed by atoms with E-state index in [1.54, 1.807) is 0 Å². The SMILES string of the molecule is CC(C)[Si](C#Cc1ccc2c(c1)c1ccc3cc4ccccc4cc3c1n2C)(C(C)C)C(C)C. The van der Waals surface area contributed by atoms with Crippen LogP contribution in [0.4, 0.5) is 0 Å². The zero-order valence-corrected chi connectivity index (χ0v) is 22.5. The highest BCUT2D eigenvalue weighted by molar-refractivity contribution is 6.90. The van der Waals surface area contributed by atoms with Crippen LogP contribution in [-0.2, 0) is 7.05 Å². The van der Waals surface area contributed by atoms with Crippen LogP contribution in [0.3, 0.4) is 0 Å². The number of benzene rings is 4. The molecule has 2 heteroatoms. The van der Waals surface area contributed by atoms with Crippen LogP contribution in [0.5, 0.6) is 0 Å². The lowest BCUT2D eigenvalue weighted by Crippen LogP contribution is -2.43. The largest absolute Gasteiger partial charge is 0.343 e. The van der Waals surface area contributed by atoms with Crippen molar-refractivity contribution in [3.63, 3.8) is 0 Å². The summed E-state index contributed by atoms with van der Waals surface area (Å²) in [5.74, 6) is 3.66. The van der Waals surface area contributed by atoms with Gasteiger partial charge in [0, 0.05) is 34.3 Å². The number of hydrogen-bond acceptors (Lipinski definition) is 0. The third-order valence-electron chi connectivity index (χ3n) is 8.13. The lowest BCUT2D eigenvalue weighted by atomic mass is 10.0. The predicted molar refractivity (Wildman–Crippen MR) is 153 cm³/mol. The van der Waals surface area contributed by atoms with Crippen molar-refractivity contribution in [2.24, 2.45) is 7.05 Å². The zero-order chi connectivity index (χ0) is 24.2. The summed E-state index contributed by atoms with van der Waals surface area (Å²) in [5, 5.41) is 7.79. The van der Waals surface area contributed by atoms with E-state index in [1.807, 2.05) is 0 Å². The number of aryl methyl sites for hydroxylation is 1. The molecule has 5 rings (SSSR count). The van der Waals surface area contributed by atoms with E-state index in [9.17, 15) is 0 Å². The van der Waals surface area contributed by atoms with Crippen molar-refractivity contribution in [1.82, 2.24) is 4.57 Å². The summed E-state index contributed by atoms with van der Waals surface area (Å²) in [5.41, 5.74) is 9.53. The Morgan fingerprint density at radius 2 is 1.29 bits per heavy atom. The van der Waals surface area contributed by atoms with Gasteiger partial charge in [-0.15, -0.1) is 5.54 Å². The monoisotopic (exact) mass is 461 g/mol. The van der Waals surface area contributed by atoms with Crippen LogP contribution in [0, 0.1) is 11.5 Å². The molecule has 0 amide bonds. The summed E-state index contributed by atoms with van der Waals surface area (Å²) in [6.45, 7) is 14.3. The fourth-order valence-electron chi connectivity index (χ4n) is 6.43. The molecule has 5 aromatic rings. The van der Waals surface area contributed by atoms with Crippen molar-refractivity contribution in [2.75, 3.05) is 0 Å². The summed E-state index contributed by atoms with van der Waals surface area (Å²) in [6.07, 6.45) is 0. The minimum absolute atomic E-state index is 0.641. The van der Waals surface area contributed by atoms with Gasteiger partial charge in [-0.1, -0.05) is 83.9 Å². The second-order valence-corrected chi connectivity index (χ2v) is 16.4. The van der Waals surface area contributed by atoms with Crippen molar-refractivity contribution >= 4 is 51.4 Å². The van der Waals surface area contributed by atoms with E-state index in [1.165, 1.54) is 43.4 Å². The molecule has 1 heterocycles. The second-order valence-electron chi connectivity index (χ2n) is 10.8. The minimum atomic E-state index is -1.76. The first kappa shape index (κ1) is 22.8. The van der Waals surface area contributed by atoms with Crippen molar-refractivity contribution in [1.29, 1.82) is 0 Å². The molecule has 0 aliphatic rings. The van der Waals surface area contributed by atoms with Gasteiger partial charge in [0.25, 0.3) is 0 Å². The van der Waals surface area contributed by atoms with E-state index in [0.29, 0.717) is 16.6 Å². The van der Waals surface area contributed by atoms with E-state index < -0.39 is 8.07 Å². The van der Waals surface area contributed by atoms with Gasteiger partial charge in [-0.2, -0.15) is 0 Å². The van der Waals surface area contributed by atoms with Crippen molar-refractivity contribution in [2.45, 2.75) is 58.2 Å². The predicted octanol–water partition coefficient (Wildman–Crippen LogP) is 9.21. The molecule has 1 nitrogen and oxygen atoms in total. The van der Waals surface area contributed by atoms with Crippen LogP contribution in [0.15, 0.2) is 66.7 Å². The molecule has 172 valence electrons. The molecule has 34 heavy (non-hydrogen) atoms. The third-order valence-corrected chi connectivity index (χ3v) is 14.4. The molecule has 0 saturated carbocycles. The minimum Gasteiger partial charge on any atom is -0.343 e. The lowest BCUT2D eigenvalue weighted by molar-refractivity contribution is 0.838. The molecule has 0 saturated heterocycles. The molecule has 0 N–H and O–H groups in total. The standard InChI is InChI=1S/C32H35NSi/c1-21(2)34(22(3)4,23(5)6)17-16-24-12-15-31-30(18-24)28-14-13-27-19-25-10-8-9-11-26(25)20-29(27)32(28)33(31)7/h8-15,18-23H,1-7H3. The first-order valence-electron chi connectivity index (χ1n) is 12.6. The number of rotatable bonds is 3. The molecule has 0 unspecified atom stereocenters. The average Bonchev–Trinajstić information content (AvgIpc) is 3.09. The van der Waals surface area contributed by atoms with Crippen molar-refractivity contribution in [3.05, 3.63) is 72.3 Å². The summed E-state index contributed by atoms with van der Waals surface area (Å²) >= 11 is 0. The molecule has 1 aromatic heterocycles. The van der Waals surface area contributed by atoms with E-state index in [0.717, 1.165) is 5.56 Å². The Balaban J connectivity index is 1.73. The Morgan fingerprint density at radius 3 is 1.94 bits per heavy atom. The number of nitrogens with zero attached hydrogens (tertiary/aromatic N) is 1. The van der Waals surface area contributed by atoms with Crippen molar-refractivity contribution < 1.29 is 0 Å². The summed E-state index contributed by atoms with van der Waals surface area (Å²) in [7, 11) is 0.438. The molecular formula is C32H35NSi. The van der Waals surface area contributed by atoms with Crippen molar-refractivity contribution in [3.8, 4) is 11.5 Å².